The third-order valence-electron chi connectivity index (χ3n) is 4.49. The van der Waals surface area contributed by atoms with Gasteiger partial charge in [-0.2, -0.15) is 0 Å². The van der Waals surface area contributed by atoms with Crippen molar-refractivity contribution in [2.45, 2.75) is 17.9 Å². The Morgan fingerprint density at radius 3 is 2.44 bits per heavy atom. The van der Waals surface area contributed by atoms with Crippen LogP contribution in [-0.2, 0) is 14.8 Å². The van der Waals surface area contributed by atoms with Crippen LogP contribution in [0.25, 0.3) is 0 Å². The van der Waals surface area contributed by atoms with Crippen molar-refractivity contribution in [1.82, 2.24) is 4.72 Å². The smallest absolute Gasteiger partial charge is 0.337 e. The first-order valence-electron chi connectivity index (χ1n) is 8.66. The molecule has 2 aromatic rings. The van der Waals surface area contributed by atoms with Gasteiger partial charge < -0.3 is 14.7 Å². The van der Waals surface area contributed by atoms with Crippen LogP contribution in [0.4, 0.5) is 5.69 Å². The number of morpholine rings is 1. The first-order chi connectivity index (χ1) is 12.9. The van der Waals surface area contributed by atoms with Crippen molar-refractivity contribution >= 4 is 21.7 Å². The van der Waals surface area contributed by atoms with E-state index in [0.717, 1.165) is 5.56 Å². The summed E-state index contributed by atoms with van der Waals surface area (Å²) in [6, 6.07) is 13.0. The molecule has 7 nitrogen and oxygen atoms in total. The summed E-state index contributed by atoms with van der Waals surface area (Å²) in [5.41, 5.74) is 1.29. The van der Waals surface area contributed by atoms with Crippen LogP contribution in [0, 0.1) is 0 Å². The predicted octanol–water partition coefficient (Wildman–Crippen LogP) is 2.26. The zero-order valence-corrected chi connectivity index (χ0v) is 15.8. The zero-order valence-electron chi connectivity index (χ0n) is 15.0. The normalized spacial score (nSPS) is 16.1. The molecule has 2 aromatic carbocycles. The number of nitrogens with one attached hydrogen (secondary N) is 1. The summed E-state index contributed by atoms with van der Waals surface area (Å²) in [6.07, 6.45) is 0. The van der Waals surface area contributed by atoms with Crippen LogP contribution in [0.2, 0.25) is 0 Å². The van der Waals surface area contributed by atoms with Gasteiger partial charge in [0.25, 0.3) is 0 Å². The number of anilines is 1. The molecule has 0 spiro atoms. The van der Waals surface area contributed by atoms with Gasteiger partial charge in [-0.1, -0.05) is 30.3 Å². The number of rotatable bonds is 6. The van der Waals surface area contributed by atoms with Gasteiger partial charge in [-0.3, -0.25) is 0 Å². The van der Waals surface area contributed by atoms with Crippen LogP contribution >= 0.6 is 0 Å². The Morgan fingerprint density at radius 2 is 1.81 bits per heavy atom. The standard InChI is InChI=1S/C19H22N2O5S/c1-14(15-5-3-2-4-6-15)20-27(24,25)16-7-8-18(17(13-16)19(22)23)21-9-11-26-12-10-21/h2-8,13-14,20H,9-12H2,1H3,(H,22,23). The Kier molecular flexibility index (Phi) is 5.79. The summed E-state index contributed by atoms with van der Waals surface area (Å²) >= 11 is 0. The van der Waals surface area contributed by atoms with Crippen molar-refractivity contribution in [2.75, 3.05) is 31.2 Å². The van der Waals surface area contributed by atoms with Crippen LogP contribution < -0.4 is 9.62 Å². The summed E-state index contributed by atoms with van der Waals surface area (Å²) in [5, 5.41) is 9.57. The van der Waals surface area contributed by atoms with E-state index in [2.05, 4.69) is 4.72 Å². The van der Waals surface area contributed by atoms with E-state index >= 15 is 0 Å². The predicted molar refractivity (Wildman–Crippen MR) is 102 cm³/mol. The van der Waals surface area contributed by atoms with Crippen LogP contribution in [0.1, 0.15) is 28.9 Å². The van der Waals surface area contributed by atoms with Crippen molar-refractivity contribution in [3.8, 4) is 0 Å². The largest absolute Gasteiger partial charge is 0.478 e. The molecular formula is C19H22N2O5S. The van der Waals surface area contributed by atoms with Crippen molar-refractivity contribution < 1.29 is 23.1 Å². The third-order valence-corrected chi connectivity index (χ3v) is 6.03. The lowest BCUT2D eigenvalue weighted by Crippen LogP contribution is -2.37. The summed E-state index contributed by atoms with van der Waals surface area (Å²) in [4.78, 5) is 13.5. The molecule has 0 amide bonds. The molecule has 0 bridgehead atoms. The van der Waals surface area contributed by atoms with Gasteiger partial charge in [-0.15, -0.1) is 0 Å². The SMILES string of the molecule is CC(NS(=O)(=O)c1ccc(N2CCOCC2)c(C(=O)O)c1)c1ccccc1. The molecule has 27 heavy (non-hydrogen) atoms. The summed E-state index contributed by atoms with van der Waals surface area (Å²) in [5.74, 6) is -1.16. The number of ether oxygens (including phenoxy) is 1. The van der Waals surface area contributed by atoms with Crippen LogP contribution in [0.5, 0.6) is 0 Å². The number of benzene rings is 2. The fourth-order valence-corrected chi connectivity index (χ4v) is 4.30. The average Bonchev–Trinajstić information content (AvgIpc) is 2.68. The lowest BCUT2D eigenvalue weighted by atomic mass is 10.1. The van der Waals surface area contributed by atoms with Gasteiger partial charge in [0.1, 0.15) is 0 Å². The molecule has 0 aliphatic carbocycles. The third kappa shape index (κ3) is 4.47. The Balaban J connectivity index is 1.89. The number of sulfonamides is 1. The minimum absolute atomic E-state index is 0.0351. The fourth-order valence-electron chi connectivity index (χ4n) is 3.04. The highest BCUT2D eigenvalue weighted by atomic mass is 32.2. The molecule has 144 valence electrons. The summed E-state index contributed by atoms with van der Waals surface area (Å²) in [6.45, 7) is 3.89. The Hall–Kier alpha value is -2.42. The first-order valence-corrected chi connectivity index (χ1v) is 10.1. The van der Waals surface area contributed by atoms with Gasteiger partial charge in [-0.05, 0) is 30.7 Å². The van der Waals surface area contributed by atoms with Crippen molar-refractivity contribution in [1.29, 1.82) is 0 Å². The number of aromatic carboxylic acids is 1. The lowest BCUT2D eigenvalue weighted by molar-refractivity contribution is 0.0696. The van der Waals surface area contributed by atoms with Crippen molar-refractivity contribution in [2.24, 2.45) is 0 Å². The second kappa shape index (κ2) is 8.08. The van der Waals surface area contributed by atoms with Crippen molar-refractivity contribution in [3.05, 3.63) is 59.7 Å². The summed E-state index contributed by atoms with van der Waals surface area (Å²) in [7, 11) is -3.87. The minimum atomic E-state index is -3.87. The second-order valence-electron chi connectivity index (χ2n) is 6.34. The molecule has 2 N–H and O–H groups in total. The second-order valence-corrected chi connectivity index (χ2v) is 8.05. The maximum Gasteiger partial charge on any atom is 0.337 e. The monoisotopic (exact) mass is 390 g/mol. The molecule has 0 saturated carbocycles. The molecule has 8 heteroatoms. The van der Waals surface area contributed by atoms with Gasteiger partial charge in [0, 0.05) is 19.1 Å². The van der Waals surface area contributed by atoms with Gasteiger partial charge in [-0.25, -0.2) is 17.9 Å². The topological polar surface area (TPSA) is 95.9 Å². The molecule has 0 aromatic heterocycles. The maximum atomic E-state index is 12.7. The average molecular weight is 390 g/mol. The number of hydrogen-bond donors (Lipinski definition) is 2. The molecular weight excluding hydrogens is 368 g/mol. The lowest BCUT2D eigenvalue weighted by Gasteiger charge is -2.30. The van der Waals surface area contributed by atoms with Gasteiger partial charge >= 0.3 is 5.97 Å². The Morgan fingerprint density at radius 1 is 1.15 bits per heavy atom. The van der Waals surface area contributed by atoms with E-state index in [9.17, 15) is 18.3 Å². The highest BCUT2D eigenvalue weighted by Crippen LogP contribution is 2.26. The van der Waals surface area contributed by atoms with E-state index in [1.165, 1.54) is 12.1 Å². The van der Waals surface area contributed by atoms with E-state index in [1.807, 2.05) is 35.2 Å². The minimum Gasteiger partial charge on any atom is -0.478 e. The first kappa shape index (κ1) is 19.3. The molecule has 1 aliphatic rings. The zero-order chi connectivity index (χ0) is 19.4. The molecule has 1 atom stereocenters. The van der Waals surface area contributed by atoms with E-state index in [0.29, 0.717) is 32.0 Å². The molecule has 1 unspecified atom stereocenters. The molecule has 0 radical (unpaired) electrons. The number of hydrogen-bond acceptors (Lipinski definition) is 5. The number of carboxylic acids is 1. The fraction of sp³-hybridized carbons (Fsp3) is 0.316. The van der Waals surface area contributed by atoms with E-state index in [-0.39, 0.29) is 10.5 Å². The highest BCUT2D eigenvalue weighted by molar-refractivity contribution is 7.89. The molecule has 3 rings (SSSR count). The van der Waals surface area contributed by atoms with Crippen LogP contribution in [-0.4, -0.2) is 45.8 Å². The van der Waals surface area contributed by atoms with Gasteiger partial charge in [0.15, 0.2) is 0 Å². The Bertz CT molecular complexity index is 909. The molecule has 1 heterocycles. The van der Waals surface area contributed by atoms with Crippen LogP contribution in [0.3, 0.4) is 0 Å². The quantitative estimate of drug-likeness (QED) is 0.786. The van der Waals surface area contributed by atoms with Gasteiger partial charge in [0.05, 0.1) is 29.4 Å². The van der Waals surface area contributed by atoms with E-state index in [4.69, 9.17) is 4.74 Å². The highest BCUT2D eigenvalue weighted by Gasteiger charge is 2.24. The summed E-state index contributed by atoms with van der Waals surface area (Å²) < 4.78 is 33.4. The van der Waals surface area contributed by atoms with Crippen LogP contribution in [0.15, 0.2) is 53.4 Å². The Labute approximate surface area is 158 Å². The molecule has 1 aliphatic heterocycles. The van der Waals surface area contributed by atoms with Crippen molar-refractivity contribution in [3.63, 3.8) is 0 Å². The van der Waals surface area contributed by atoms with E-state index in [1.54, 1.807) is 13.0 Å². The maximum absolute atomic E-state index is 12.7. The number of carboxylic acid groups (broad SMARTS) is 1. The molecule has 1 fully saturated rings. The molecule has 1 saturated heterocycles. The van der Waals surface area contributed by atoms with E-state index < -0.39 is 22.0 Å². The number of nitrogens with zero attached hydrogens (tertiary/aromatic N) is 1. The van der Waals surface area contributed by atoms with Gasteiger partial charge in [0.2, 0.25) is 10.0 Å². The number of carbonyl (C=O) groups is 1.